The summed E-state index contributed by atoms with van der Waals surface area (Å²) in [6.07, 6.45) is 2.58. The molecule has 96 valence electrons. The molecule has 1 fully saturated rings. The number of benzene rings is 2. The second-order valence-electron chi connectivity index (χ2n) is 5.22. The van der Waals surface area contributed by atoms with E-state index in [0.717, 1.165) is 5.69 Å². The molecule has 0 aliphatic heterocycles. The summed E-state index contributed by atoms with van der Waals surface area (Å²) in [5.41, 5.74) is 2.80. The van der Waals surface area contributed by atoms with Crippen molar-refractivity contribution in [3.8, 4) is 5.69 Å². The minimum atomic E-state index is 0.388. The zero-order valence-electron chi connectivity index (χ0n) is 10.8. The van der Waals surface area contributed by atoms with Crippen LogP contribution in [0.1, 0.15) is 24.3 Å². The van der Waals surface area contributed by atoms with Crippen LogP contribution in [0.4, 0.5) is 0 Å². The van der Waals surface area contributed by atoms with Gasteiger partial charge in [-0.2, -0.15) is 5.10 Å². The van der Waals surface area contributed by atoms with Crippen LogP contribution in [0.25, 0.3) is 16.5 Å². The molecule has 0 atom stereocenters. The largest absolute Gasteiger partial charge is 0.281 e. The van der Waals surface area contributed by atoms with Gasteiger partial charge in [-0.25, -0.2) is 0 Å². The normalized spacial score (nSPS) is 14.8. The van der Waals surface area contributed by atoms with Gasteiger partial charge >= 0.3 is 0 Å². The van der Waals surface area contributed by atoms with Crippen LogP contribution in [0.3, 0.4) is 0 Å². The van der Waals surface area contributed by atoms with Crippen molar-refractivity contribution in [3.63, 3.8) is 0 Å². The van der Waals surface area contributed by atoms with Crippen molar-refractivity contribution >= 4 is 36.6 Å². The highest BCUT2D eigenvalue weighted by Crippen LogP contribution is 2.43. The van der Waals surface area contributed by atoms with Crippen LogP contribution in [-0.2, 0) is 0 Å². The Balaban J connectivity index is 2.07. The summed E-state index contributed by atoms with van der Waals surface area (Å²) in [6.45, 7) is 0. The van der Waals surface area contributed by atoms with Crippen molar-refractivity contribution in [1.29, 1.82) is 0 Å². The molecule has 5 heteroatoms. The van der Waals surface area contributed by atoms with E-state index in [2.05, 4.69) is 40.5 Å². The number of aromatic nitrogens is 3. The predicted octanol–water partition coefficient (Wildman–Crippen LogP) is 2.75. The fourth-order valence-electron chi connectivity index (χ4n) is 2.79. The van der Waals surface area contributed by atoms with Gasteiger partial charge in [0.05, 0.1) is 11.4 Å². The number of hydrogen-bond donors (Lipinski definition) is 1. The Bertz CT molecular complexity index is 861. The fraction of sp³-hybridized carbons (Fsp3) is 0.200. The molecular formula is C15H12BN3S. The van der Waals surface area contributed by atoms with Crippen LogP contribution in [0.15, 0.2) is 36.4 Å². The highest BCUT2D eigenvalue weighted by Gasteiger charge is 2.25. The quantitative estimate of drug-likeness (QED) is 0.577. The standard InChI is InChI=1S/C15H12BN3S/c16-14-17-18-15(20)19(14)13-8-7-10(9-5-6-9)11-3-1-2-4-12(11)13/h1-4,7-9H,5-6H2,(H,18,20). The van der Waals surface area contributed by atoms with Crippen LogP contribution in [0.2, 0.25) is 0 Å². The maximum Gasteiger partial charge on any atom is 0.199 e. The minimum absolute atomic E-state index is 0.388. The molecule has 2 aromatic carbocycles. The highest BCUT2D eigenvalue weighted by atomic mass is 32.1. The third-order valence-corrected chi connectivity index (χ3v) is 4.17. The zero-order valence-corrected chi connectivity index (χ0v) is 11.7. The average molecular weight is 277 g/mol. The number of hydrogen-bond acceptors (Lipinski definition) is 2. The number of nitrogens with one attached hydrogen (secondary N) is 1. The lowest BCUT2D eigenvalue weighted by atomic mass is 9.99. The first-order chi connectivity index (χ1) is 9.75. The molecule has 0 saturated heterocycles. The molecule has 1 aliphatic carbocycles. The lowest BCUT2D eigenvalue weighted by Gasteiger charge is -2.12. The zero-order chi connectivity index (χ0) is 13.7. The molecule has 0 bridgehead atoms. The summed E-state index contributed by atoms with van der Waals surface area (Å²) in [5, 5.41) is 9.19. The highest BCUT2D eigenvalue weighted by molar-refractivity contribution is 7.71. The Morgan fingerprint density at radius 2 is 1.90 bits per heavy atom. The average Bonchev–Trinajstić information content (AvgIpc) is 3.25. The molecule has 20 heavy (non-hydrogen) atoms. The molecule has 0 spiro atoms. The second kappa shape index (κ2) is 4.31. The van der Waals surface area contributed by atoms with Crippen LogP contribution in [0, 0.1) is 4.77 Å². The van der Waals surface area contributed by atoms with Gasteiger partial charge in [-0.05, 0) is 48.0 Å². The van der Waals surface area contributed by atoms with Crippen molar-refractivity contribution < 1.29 is 0 Å². The van der Waals surface area contributed by atoms with E-state index in [9.17, 15) is 0 Å². The molecule has 1 aromatic heterocycles. The molecular weight excluding hydrogens is 265 g/mol. The molecule has 3 aromatic rings. The van der Waals surface area contributed by atoms with E-state index in [0.29, 0.717) is 16.4 Å². The Hall–Kier alpha value is -1.88. The number of H-pyrrole nitrogens is 1. The van der Waals surface area contributed by atoms with Crippen molar-refractivity contribution in [1.82, 2.24) is 14.8 Å². The van der Waals surface area contributed by atoms with Crippen LogP contribution < -0.4 is 5.72 Å². The molecule has 1 aliphatic rings. The SMILES string of the molecule is [B]c1n[nH]c(=S)n1-c1ccc(C2CC2)c2ccccc12. The van der Waals surface area contributed by atoms with Crippen LogP contribution >= 0.6 is 12.2 Å². The summed E-state index contributed by atoms with van der Waals surface area (Å²) in [4.78, 5) is 0. The summed E-state index contributed by atoms with van der Waals surface area (Å²) < 4.78 is 2.31. The first kappa shape index (κ1) is 11.9. The summed E-state index contributed by atoms with van der Waals surface area (Å²) in [7, 11) is 5.93. The van der Waals surface area contributed by atoms with E-state index >= 15 is 0 Å². The summed E-state index contributed by atoms with van der Waals surface area (Å²) >= 11 is 5.28. The second-order valence-corrected chi connectivity index (χ2v) is 5.60. The van der Waals surface area contributed by atoms with E-state index in [-0.39, 0.29) is 0 Å². The van der Waals surface area contributed by atoms with E-state index in [1.54, 1.807) is 4.57 Å². The Morgan fingerprint density at radius 3 is 2.55 bits per heavy atom. The number of rotatable bonds is 2. The van der Waals surface area contributed by atoms with Crippen molar-refractivity contribution in [2.45, 2.75) is 18.8 Å². The molecule has 0 unspecified atom stereocenters. The first-order valence-corrected chi connectivity index (χ1v) is 7.11. The molecule has 1 heterocycles. The number of fused-ring (bicyclic) bond motifs is 1. The molecule has 0 amide bonds. The molecule has 1 saturated carbocycles. The molecule has 1 N–H and O–H groups in total. The Labute approximate surface area is 123 Å². The van der Waals surface area contributed by atoms with Gasteiger partial charge in [0.2, 0.25) is 0 Å². The van der Waals surface area contributed by atoms with Gasteiger partial charge < -0.3 is 0 Å². The topological polar surface area (TPSA) is 33.6 Å². The van der Waals surface area contributed by atoms with Gasteiger partial charge in [-0.15, -0.1) is 0 Å². The van der Waals surface area contributed by atoms with Gasteiger partial charge in [0, 0.05) is 5.39 Å². The first-order valence-electron chi connectivity index (χ1n) is 6.70. The maximum absolute atomic E-state index is 5.93. The Morgan fingerprint density at radius 1 is 1.15 bits per heavy atom. The monoisotopic (exact) mass is 277 g/mol. The van der Waals surface area contributed by atoms with Gasteiger partial charge in [0.1, 0.15) is 0 Å². The van der Waals surface area contributed by atoms with E-state index in [4.69, 9.17) is 20.1 Å². The van der Waals surface area contributed by atoms with E-state index < -0.39 is 0 Å². The van der Waals surface area contributed by atoms with E-state index in [1.807, 2.05) is 6.07 Å². The molecule has 2 radical (unpaired) electrons. The Kier molecular flexibility index (Phi) is 2.57. The van der Waals surface area contributed by atoms with E-state index in [1.165, 1.54) is 29.2 Å². The fourth-order valence-corrected chi connectivity index (χ4v) is 3.03. The van der Waals surface area contributed by atoms with Gasteiger partial charge in [0.15, 0.2) is 12.6 Å². The minimum Gasteiger partial charge on any atom is -0.281 e. The third kappa shape index (κ3) is 1.73. The molecule has 3 nitrogen and oxygen atoms in total. The van der Waals surface area contributed by atoms with Crippen molar-refractivity contribution in [3.05, 3.63) is 46.7 Å². The lowest BCUT2D eigenvalue weighted by Crippen LogP contribution is -2.18. The number of nitrogens with zero attached hydrogens (tertiary/aromatic N) is 2. The predicted molar refractivity (Wildman–Crippen MR) is 83.6 cm³/mol. The van der Waals surface area contributed by atoms with Crippen LogP contribution in [-0.4, -0.2) is 22.6 Å². The number of aromatic amines is 1. The summed E-state index contributed by atoms with van der Waals surface area (Å²) in [5.74, 6) is 0.712. The van der Waals surface area contributed by atoms with Gasteiger partial charge in [-0.3, -0.25) is 9.67 Å². The van der Waals surface area contributed by atoms with Gasteiger partial charge in [0.25, 0.3) is 0 Å². The molecule has 4 rings (SSSR count). The van der Waals surface area contributed by atoms with Crippen molar-refractivity contribution in [2.24, 2.45) is 0 Å². The van der Waals surface area contributed by atoms with Crippen LogP contribution in [0.5, 0.6) is 0 Å². The smallest absolute Gasteiger partial charge is 0.199 e. The van der Waals surface area contributed by atoms with Gasteiger partial charge in [-0.1, -0.05) is 30.3 Å². The third-order valence-electron chi connectivity index (χ3n) is 3.89. The lowest BCUT2D eigenvalue weighted by molar-refractivity contribution is 1.05. The van der Waals surface area contributed by atoms with Crippen molar-refractivity contribution in [2.75, 3.05) is 0 Å². The maximum atomic E-state index is 5.93. The summed E-state index contributed by atoms with van der Waals surface area (Å²) in [6, 6.07) is 12.7.